The van der Waals surface area contributed by atoms with Crippen molar-refractivity contribution >= 4 is 22.5 Å². The van der Waals surface area contributed by atoms with Crippen molar-refractivity contribution in [2.45, 2.75) is 46.6 Å². The van der Waals surface area contributed by atoms with Crippen LogP contribution >= 0.6 is 0 Å². The standard InChI is InChI=1S/C26H31N5O2S/c1-17-23(30-34(4)32)12-19(14-27-17)18-5-6-24-20(11-18)15-31(9-10-33-24)25-21-13-26(2,3)8-7-22(21)28-16-29-25/h5-6,11-12,14,16,30H,7-10,13,15H2,1-4H3. The van der Waals surface area contributed by atoms with Crippen LogP contribution in [0.3, 0.4) is 0 Å². The predicted molar refractivity (Wildman–Crippen MR) is 136 cm³/mol. The van der Waals surface area contributed by atoms with E-state index in [0.29, 0.717) is 6.61 Å². The molecule has 1 unspecified atom stereocenters. The largest absolute Gasteiger partial charge is 0.491 e. The Balaban J connectivity index is 1.48. The van der Waals surface area contributed by atoms with Crippen LogP contribution in [0.4, 0.5) is 11.5 Å². The summed E-state index contributed by atoms with van der Waals surface area (Å²) in [6, 6.07) is 8.27. The topological polar surface area (TPSA) is 80.2 Å². The second kappa shape index (κ2) is 8.98. The van der Waals surface area contributed by atoms with Crippen molar-refractivity contribution in [1.82, 2.24) is 15.0 Å². The van der Waals surface area contributed by atoms with Crippen molar-refractivity contribution < 1.29 is 8.95 Å². The zero-order chi connectivity index (χ0) is 23.9. The smallest absolute Gasteiger partial charge is 0.135 e. The maximum atomic E-state index is 11.7. The quantitative estimate of drug-likeness (QED) is 0.597. The fraction of sp³-hybridized carbons (Fsp3) is 0.423. The molecule has 0 bridgehead atoms. The molecule has 3 heterocycles. The highest BCUT2D eigenvalue weighted by Gasteiger charge is 2.30. The highest BCUT2D eigenvalue weighted by atomic mass is 32.2. The number of aryl methyl sites for hydroxylation is 2. The molecule has 1 aliphatic heterocycles. The Morgan fingerprint density at radius 2 is 2.00 bits per heavy atom. The third kappa shape index (κ3) is 4.64. The summed E-state index contributed by atoms with van der Waals surface area (Å²) < 4.78 is 20.8. The molecule has 0 radical (unpaired) electrons. The van der Waals surface area contributed by atoms with E-state index in [-0.39, 0.29) is 5.41 Å². The van der Waals surface area contributed by atoms with Crippen molar-refractivity contribution in [2.75, 3.05) is 29.0 Å². The molecule has 1 aromatic carbocycles. The summed E-state index contributed by atoms with van der Waals surface area (Å²) >= 11 is 0. The lowest BCUT2D eigenvalue weighted by Gasteiger charge is -2.33. The van der Waals surface area contributed by atoms with Crippen LogP contribution in [0.1, 0.15) is 42.8 Å². The summed E-state index contributed by atoms with van der Waals surface area (Å²) in [4.78, 5) is 16.2. The van der Waals surface area contributed by atoms with Gasteiger partial charge in [-0.3, -0.25) is 4.98 Å². The molecule has 0 saturated heterocycles. The Labute approximate surface area is 203 Å². The molecule has 3 aromatic rings. The molecular weight excluding hydrogens is 446 g/mol. The lowest BCUT2D eigenvalue weighted by Crippen LogP contribution is -2.31. The molecule has 2 aromatic heterocycles. The SMILES string of the molecule is Cc1ncc(-c2ccc3c(c2)CN(c2ncnc4c2CC(C)(C)CC4)CCO3)cc1NS(C)=O. The molecule has 1 atom stereocenters. The van der Waals surface area contributed by atoms with Gasteiger partial charge in [0.25, 0.3) is 0 Å². The second-order valence-corrected chi connectivity index (χ2v) is 11.1. The lowest BCUT2D eigenvalue weighted by atomic mass is 9.76. The van der Waals surface area contributed by atoms with Crippen molar-refractivity contribution in [3.8, 4) is 16.9 Å². The van der Waals surface area contributed by atoms with Crippen LogP contribution in [0, 0.1) is 12.3 Å². The van der Waals surface area contributed by atoms with Gasteiger partial charge in [-0.25, -0.2) is 14.2 Å². The van der Waals surface area contributed by atoms with E-state index in [4.69, 9.17) is 9.72 Å². The molecule has 1 N–H and O–H groups in total. The van der Waals surface area contributed by atoms with E-state index in [9.17, 15) is 4.21 Å². The average Bonchev–Trinajstić information content (AvgIpc) is 3.01. The maximum absolute atomic E-state index is 11.7. The Morgan fingerprint density at radius 1 is 1.15 bits per heavy atom. The van der Waals surface area contributed by atoms with Gasteiger partial charge in [0.05, 0.1) is 17.9 Å². The molecule has 8 heteroatoms. The normalized spacial score (nSPS) is 17.7. The van der Waals surface area contributed by atoms with E-state index in [2.05, 4.69) is 45.6 Å². The van der Waals surface area contributed by atoms with E-state index in [1.165, 1.54) is 11.3 Å². The van der Waals surface area contributed by atoms with Gasteiger partial charge in [-0.2, -0.15) is 0 Å². The van der Waals surface area contributed by atoms with Gasteiger partial charge in [0.1, 0.15) is 35.5 Å². The zero-order valence-corrected chi connectivity index (χ0v) is 21.0. The second-order valence-electron chi connectivity index (χ2n) is 9.97. The van der Waals surface area contributed by atoms with E-state index in [1.807, 2.05) is 25.3 Å². The Hall–Kier alpha value is -3.00. The van der Waals surface area contributed by atoms with Crippen LogP contribution in [0.5, 0.6) is 5.75 Å². The van der Waals surface area contributed by atoms with Gasteiger partial charge < -0.3 is 14.4 Å². The summed E-state index contributed by atoms with van der Waals surface area (Å²) in [6.07, 6.45) is 8.33. The zero-order valence-electron chi connectivity index (χ0n) is 20.2. The third-order valence-corrected chi connectivity index (χ3v) is 7.23. The number of fused-ring (bicyclic) bond motifs is 2. The summed E-state index contributed by atoms with van der Waals surface area (Å²) in [7, 11) is -1.16. The fourth-order valence-electron chi connectivity index (χ4n) is 4.83. The van der Waals surface area contributed by atoms with E-state index in [0.717, 1.165) is 72.0 Å². The maximum Gasteiger partial charge on any atom is 0.135 e. The first kappa shape index (κ1) is 22.8. The predicted octanol–water partition coefficient (Wildman–Crippen LogP) is 4.47. The lowest BCUT2D eigenvalue weighted by molar-refractivity contribution is 0.310. The molecule has 0 fully saturated rings. The van der Waals surface area contributed by atoms with E-state index < -0.39 is 11.0 Å². The number of hydrogen-bond donors (Lipinski definition) is 1. The fourth-order valence-corrected chi connectivity index (χ4v) is 5.35. The molecule has 2 aliphatic rings. The summed E-state index contributed by atoms with van der Waals surface area (Å²) in [5.74, 6) is 1.94. The minimum atomic E-state index is -1.16. The third-order valence-electron chi connectivity index (χ3n) is 6.72. The van der Waals surface area contributed by atoms with Gasteiger partial charge in [-0.05, 0) is 55.4 Å². The van der Waals surface area contributed by atoms with E-state index >= 15 is 0 Å². The highest BCUT2D eigenvalue weighted by molar-refractivity contribution is 7.85. The first-order valence-corrected chi connectivity index (χ1v) is 13.3. The number of nitrogens with one attached hydrogen (secondary N) is 1. The molecule has 1 aliphatic carbocycles. The van der Waals surface area contributed by atoms with Crippen LogP contribution in [0.25, 0.3) is 11.1 Å². The first-order chi connectivity index (χ1) is 16.3. The number of hydrogen-bond acceptors (Lipinski definition) is 6. The average molecular weight is 478 g/mol. The Morgan fingerprint density at radius 3 is 2.82 bits per heavy atom. The molecule has 0 spiro atoms. The van der Waals surface area contributed by atoms with Crippen molar-refractivity contribution in [3.05, 3.63) is 59.3 Å². The minimum absolute atomic E-state index is 0.256. The first-order valence-electron chi connectivity index (χ1n) is 11.7. The summed E-state index contributed by atoms with van der Waals surface area (Å²) in [5.41, 5.74) is 7.46. The van der Waals surface area contributed by atoms with Gasteiger partial charge in [-0.15, -0.1) is 0 Å². The molecule has 5 rings (SSSR count). The van der Waals surface area contributed by atoms with Gasteiger partial charge in [0, 0.05) is 41.4 Å². The van der Waals surface area contributed by atoms with Crippen LogP contribution in [-0.2, 0) is 30.4 Å². The van der Waals surface area contributed by atoms with E-state index in [1.54, 1.807) is 12.6 Å². The van der Waals surface area contributed by atoms with Crippen LogP contribution < -0.4 is 14.4 Å². The van der Waals surface area contributed by atoms with Crippen LogP contribution in [-0.4, -0.2) is 38.6 Å². The molecule has 7 nitrogen and oxygen atoms in total. The number of aromatic nitrogens is 3. The van der Waals surface area contributed by atoms with Gasteiger partial charge in [-0.1, -0.05) is 19.9 Å². The monoisotopic (exact) mass is 477 g/mol. The molecule has 34 heavy (non-hydrogen) atoms. The van der Waals surface area contributed by atoms with Crippen molar-refractivity contribution in [3.63, 3.8) is 0 Å². The van der Waals surface area contributed by atoms with Crippen molar-refractivity contribution in [1.29, 1.82) is 0 Å². The Kier molecular flexibility index (Phi) is 6.02. The molecular formula is C26H31N5O2S. The number of anilines is 2. The number of rotatable bonds is 4. The summed E-state index contributed by atoms with van der Waals surface area (Å²) in [5, 5.41) is 0. The molecule has 0 amide bonds. The van der Waals surface area contributed by atoms with Gasteiger partial charge in [0.2, 0.25) is 0 Å². The number of ether oxygens (including phenoxy) is 1. The number of pyridine rings is 1. The minimum Gasteiger partial charge on any atom is -0.491 e. The highest BCUT2D eigenvalue weighted by Crippen LogP contribution is 2.39. The Bertz CT molecular complexity index is 1260. The van der Waals surface area contributed by atoms with Crippen molar-refractivity contribution in [2.24, 2.45) is 5.41 Å². The van der Waals surface area contributed by atoms with Crippen LogP contribution in [0.15, 0.2) is 36.8 Å². The number of benzene rings is 1. The molecule has 0 saturated carbocycles. The number of nitrogens with zero attached hydrogens (tertiary/aromatic N) is 4. The van der Waals surface area contributed by atoms with Gasteiger partial charge >= 0.3 is 0 Å². The van der Waals surface area contributed by atoms with Crippen LogP contribution in [0.2, 0.25) is 0 Å². The van der Waals surface area contributed by atoms with Gasteiger partial charge in [0.15, 0.2) is 0 Å². The summed E-state index contributed by atoms with van der Waals surface area (Å²) in [6.45, 7) is 8.66. The molecule has 178 valence electrons.